The molecule has 98 valence electrons. The molecule has 1 N–H and O–H groups in total. The Hall–Kier alpha value is -1.87. The van der Waals surface area contributed by atoms with E-state index in [-0.39, 0.29) is 0 Å². The predicted molar refractivity (Wildman–Crippen MR) is 85.4 cm³/mol. The van der Waals surface area contributed by atoms with E-state index >= 15 is 0 Å². The van der Waals surface area contributed by atoms with E-state index in [0.29, 0.717) is 0 Å². The molecule has 1 aliphatic rings. The molecular weight excluding hydrogens is 252 g/mol. The third kappa shape index (κ3) is 3.55. The topological polar surface area (TPSA) is 20.7 Å². The first-order valence-corrected chi connectivity index (χ1v) is 6.85. The van der Waals surface area contributed by atoms with E-state index in [1.807, 2.05) is 48.1 Å². The standard InChI is InChI=1S/C16H18N2S/c1-2-3-4-7-10-13-18-15-12-9-6-5-8-11-14(15)17-16(18)19/h2-4,6-11,13H,5,12H2,1H3,(H,17,19)/b3-2-,7-4-,9-6-,11-8?,13-10+. The summed E-state index contributed by atoms with van der Waals surface area (Å²) >= 11 is 5.37. The summed E-state index contributed by atoms with van der Waals surface area (Å²) in [6, 6.07) is 0. The SMILES string of the molecule is C\C=C/C=C\C=C\n1c2c([nH]c1=S)C=CC/C=C\C2. The Labute approximate surface area is 119 Å². The Morgan fingerprint density at radius 3 is 2.84 bits per heavy atom. The van der Waals surface area contributed by atoms with Crippen molar-refractivity contribution in [1.82, 2.24) is 9.55 Å². The van der Waals surface area contributed by atoms with Gasteiger partial charge >= 0.3 is 0 Å². The summed E-state index contributed by atoms with van der Waals surface area (Å²) < 4.78 is 2.77. The van der Waals surface area contributed by atoms with Crippen LogP contribution < -0.4 is 0 Å². The average molecular weight is 270 g/mol. The second kappa shape index (κ2) is 6.90. The zero-order valence-corrected chi connectivity index (χ0v) is 11.9. The van der Waals surface area contributed by atoms with Crippen LogP contribution in [0, 0.1) is 4.77 Å². The summed E-state index contributed by atoms with van der Waals surface area (Å²) in [5, 5.41) is 0. The van der Waals surface area contributed by atoms with Gasteiger partial charge in [-0.2, -0.15) is 0 Å². The second-order valence-electron chi connectivity index (χ2n) is 4.23. The van der Waals surface area contributed by atoms with Gasteiger partial charge in [-0.25, -0.2) is 0 Å². The molecule has 1 heterocycles. The van der Waals surface area contributed by atoms with Gasteiger partial charge in [0.25, 0.3) is 0 Å². The number of hydrogen-bond donors (Lipinski definition) is 1. The third-order valence-electron chi connectivity index (χ3n) is 2.86. The van der Waals surface area contributed by atoms with Crippen LogP contribution in [-0.2, 0) is 6.42 Å². The fraction of sp³-hybridized carbons (Fsp3) is 0.188. The van der Waals surface area contributed by atoms with Crippen molar-refractivity contribution in [1.29, 1.82) is 0 Å². The molecule has 0 amide bonds. The van der Waals surface area contributed by atoms with Gasteiger partial charge in [-0.15, -0.1) is 0 Å². The lowest BCUT2D eigenvalue weighted by Gasteiger charge is -2.03. The molecule has 1 aromatic rings. The van der Waals surface area contributed by atoms with Gasteiger partial charge in [0, 0.05) is 12.6 Å². The lowest BCUT2D eigenvalue weighted by molar-refractivity contribution is 1.00. The van der Waals surface area contributed by atoms with Crippen molar-refractivity contribution in [2.45, 2.75) is 19.8 Å². The maximum Gasteiger partial charge on any atom is 0.182 e. The lowest BCUT2D eigenvalue weighted by atomic mass is 10.1. The second-order valence-corrected chi connectivity index (χ2v) is 4.61. The largest absolute Gasteiger partial charge is 0.331 e. The molecule has 1 aromatic heterocycles. The number of nitrogens with zero attached hydrogens (tertiary/aromatic N) is 1. The summed E-state index contributed by atoms with van der Waals surface area (Å²) in [6.07, 6.45) is 22.5. The maximum atomic E-state index is 5.37. The highest BCUT2D eigenvalue weighted by molar-refractivity contribution is 7.71. The molecule has 0 atom stereocenters. The molecule has 0 saturated carbocycles. The summed E-state index contributed by atoms with van der Waals surface area (Å²) in [6.45, 7) is 2.00. The fourth-order valence-electron chi connectivity index (χ4n) is 1.93. The van der Waals surface area contributed by atoms with Gasteiger partial charge in [-0.05, 0) is 37.7 Å². The molecule has 3 heteroatoms. The van der Waals surface area contributed by atoms with Crippen LogP contribution in [0.4, 0.5) is 0 Å². The highest BCUT2D eigenvalue weighted by Gasteiger charge is 2.07. The Morgan fingerprint density at radius 2 is 2.00 bits per heavy atom. The third-order valence-corrected chi connectivity index (χ3v) is 3.16. The van der Waals surface area contributed by atoms with Crippen molar-refractivity contribution in [3.05, 3.63) is 64.8 Å². The monoisotopic (exact) mass is 270 g/mol. The van der Waals surface area contributed by atoms with Crippen molar-refractivity contribution in [3.8, 4) is 0 Å². The molecule has 2 nitrogen and oxygen atoms in total. The highest BCUT2D eigenvalue weighted by atomic mass is 32.1. The Kier molecular flexibility index (Phi) is 4.93. The molecule has 19 heavy (non-hydrogen) atoms. The van der Waals surface area contributed by atoms with Crippen LogP contribution >= 0.6 is 12.2 Å². The normalized spacial score (nSPS) is 17.1. The Bertz CT molecular complexity index is 622. The van der Waals surface area contributed by atoms with Gasteiger partial charge in [0.15, 0.2) is 4.77 Å². The number of allylic oxidation sites excluding steroid dienone is 8. The average Bonchev–Trinajstić information content (AvgIpc) is 2.65. The molecule has 1 aliphatic carbocycles. The quantitative estimate of drug-likeness (QED) is 0.481. The van der Waals surface area contributed by atoms with E-state index in [1.165, 1.54) is 5.69 Å². The van der Waals surface area contributed by atoms with E-state index in [2.05, 4.69) is 29.3 Å². The summed E-state index contributed by atoms with van der Waals surface area (Å²) in [5.41, 5.74) is 2.31. The summed E-state index contributed by atoms with van der Waals surface area (Å²) in [7, 11) is 0. The number of nitrogens with one attached hydrogen (secondary N) is 1. The first-order valence-electron chi connectivity index (χ1n) is 6.44. The molecule has 0 aliphatic heterocycles. The number of rotatable bonds is 3. The van der Waals surface area contributed by atoms with Crippen LogP contribution in [0.15, 0.2) is 48.6 Å². The number of aromatic nitrogens is 2. The van der Waals surface area contributed by atoms with Crippen molar-refractivity contribution in [2.75, 3.05) is 0 Å². The molecule has 0 aromatic carbocycles. The molecule has 2 rings (SSSR count). The Balaban J connectivity index is 2.31. The number of hydrogen-bond acceptors (Lipinski definition) is 1. The maximum absolute atomic E-state index is 5.37. The molecule has 0 bridgehead atoms. The number of imidazole rings is 1. The van der Waals surface area contributed by atoms with Crippen molar-refractivity contribution in [3.63, 3.8) is 0 Å². The first-order chi connectivity index (χ1) is 9.33. The van der Waals surface area contributed by atoms with E-state index in [1.54, 1.807) is 0 Å². The van der Waals surface area contributed by atoms with Gasteiger partial charge in [-0.1, -0.05) is 42.5 Å². The van der Waals surface area contributed by atoms with Gasteiger partial charge in [0.2, 0.25) is 0 Å². The zero-order chi connectivity index (χ0) is 13.5. The van der Waals surface area contributed by atoms with Crippen LogP contribution in [0.5, 0.6) is 0 Å². The highest BCUT2D eigenvalue weighted by Crippen LogP contribution is 2.16. The van der Waals surface area contributed by atoms with E-state index in [4.69, 9.17) is 12.2 Å². The summed E-state index contributed by atoms with van der Waals surface area (Å²) in [4.78, 5) is 3.25. The Morgan fingerprint density at radius 1 is 1.16 bits per heavy atom. The predicted octanol–water partition coefficient (Wildman–Crippen LogP) is 4.66. The van der Waals surface area contributed by atoms with Crippen LogP contribution in [0.2, 0.25) is 0 Å². The number of H-pyrrole nitrogens is 1. The molecule has 0 unspecified atom stereocenters. The van der Waals surface area contributed by atoms with Crippen molar-refractivity contribution in [2.24, 2.45) is 0 Å². The fourth-order valence-corrected chi connectivity index (χ4v) is 2.22. The van der Waals surface area contributed by atoms with E-state index in [9.17, 15) is 0 Å². The van der Waals surface area contributed by atoms with Gasteiger partial charge in [-0.3, -0.25) is 4.57 Å². The van der Waals surface area contributed by atoms with Gasteiger partial charge < -0.3 is 4.98 Å². The minimum absolute atomic E-state index is 0.737. The van der Waals surface area contributed by atoms with Gasteiger partial charge in [0.1, 0.15) is 0 Å². The lowest BCUT2D eigenvalue weighted by Crippen LogP contribution is -1.96. The van der Waals surface area contributed by atoms with Gasteiger partial charge in [0.05, 0.1) is 11.4 Å². The minimum Gasteiger partial charge on any atom is -0.331 e. The van der Waals surface area contributed by atoms with Crippen LogP contribution in [0.1, 0.15) is 24.7 Å². The molecule has 0 fully saturated rings. The van der Waals surface area contributed by atoms with E-state index < -0.39 is 0 Å². The molecular formula is C16H18N2S. The van der Waals surface area contributed by atoms with E-state index in [0.717, 1.165) is 23.3 Å². The number of fused-ring (bicyclic) bond motifs is 1. The van der Waals surface area contributed by atoms with Crippen LogP contribution in [0.3, 0.4) is 0 Å². The first kappa shape index (κ1) is 13.6. The molecule has 0 saturated heterocycles. The zero-order valence-electron chi connectivity index (χ0n) is 11.0. The van der Waals surface area contributed by atoms with Crippen molar-refractivity contribution < 1.29 is 0 Å². The molecule has 0 radical (unpaired) electrons. The summed E-state index contributed by atoms with van der Waals surface area (Å²) in [5.74, 6) is 0. The molecule has 0 spiro atoms. The smallest absolute Gasteiger partial charge is 0.182 e. The number of aromatic amines is 1. The van der Waals surface area contributed by atoms with Crippen molar-refractivity contribution >= 4 is 24.5 Å². The minimum atomic E-state index is 0.737. The van der Waals surface area contributed by atoms with Crippen LogP contribution in [0.25, 0.3) is 12.3 Å². The van der Waals surface area contributed by atoms with Crippen LogP contribution in [-0.4, -0.2) is 9.55 Å².